The number of ether oxygens (including phenoxy) is 1. The van der Waals surface area contributed by atoms with Gasteiger partial charge in [-0.2, -0.15) is 0 Å². The number of aromatic nitrogens is 3. The number of rotatable bonds is 4. The molecule has 0 saturated heterocycles. The lowest BCUT2D eigenvalue weighted by Crippen LogP contribution is -2.30. The van der Waals surface area contributed by atoms with E-state index in [1.54, 1.807) is 0 Å². The van der Waals surface area contributed by atoms with Crippen LogP contribution in [0.5, 0.6) is 0 Å². The maximum atomic E-state index is 14.0. The lowest BCUT2D eigenvalue weighted by atomic mass is 10.2. The molecule has 0 aliphatic heterocycles. The molecule has 0 fully saturated rings. The number of pyridine rings is 1. The molecule has 7 nitrogen and oxygen atoms in total. The number of carbonyl (C=O) groups excluding carboxylic acids is 2. The maximum absolute atomic E-state index is 14.0. The van der Waals surface area contributed by atoms with Gasteiger partial charge >= 0.3 is 5.97 Å². The Kier molecular flexibility index (Phi) is 4.38. The van der Waals surface area contributed by atoms with Gasteiger partial charge in [0.05, 0.1) is 18.2 Å². The molecular weight excluding hydrogens is 334 g/mol. The zero-order valence-corrected chi connectivity index (χ0v) is 13.0. The van der Waals surface area contributed by atoms with Crippen LogP contribution in [0.3, 0.4) is 0 Å². The van der Waals surface area contributed by atoms with Gasteiger partial charge in [-0.05, 0) is 30.3 Å². The third-order valence-corrected chi connectivity index (χ3v) is 3.45. The van der Waals surface area contributed by atoms with Crippen LogP contribution in [0.15, 0.2) is 36.5 Å². The average molecular weight is 346 g/mol. The van der Waals surface area contributed by atoms with Crippen molar-refractivity contribution in [3.63, 3.8) is 0 Å². The molecule has 0 spiro atoms. The van der Waals surface area contributed by atoms with E-state index < -0.39 is 23.5 Å². The Balaban J connectivity index is 1.98. The number of carbonyl (C=O) groups is 2. The fraction of sp³-hybridized carbons (Fsp3) is 0.125. The molecule has 9 heteroatoms. The molecule has 25 heavy (non-hydrogen) atoms. The average Bonchev–Trinajstić information content (AvgIpc) is 3.04. The van der Waals surface area contributed by atoms with E-state index in [-0.39, 0.29) is 23.5 Å². The van der Waals surface area contributed by atoms with Crippen LogP contribution in [-0.4, -0.2) is 40.1 Å². The highest BCUT2D eigenvalue weighted by atomic mass is 19.1. The second kappa shape index (κ2) is 6.63. The molecule has 0 saturated carbocycles. The summed E-state index contributed by atoms with van der Waals surface area (Å²) in [5.41, 5.74) is 0.456. The van der Waals surface area contributed by atoms with Crippen LogP contribution in [-0.2, 0) is 9.53 Å². The Hall–Kier alpha value is -3.36. The second-order valence-electron chi connectivity index (χ2n) is 5.05. The number of methoxy groups -OCH3 is 1. The molecule has 2 heterocycles. The largest absolute Gasteiger partial charge is 0.468 e. The van der Waals surface area contributed by atoms with Gasteiger partial charge in [-0.3, -0.25) is 14.0 Å². The monoisotopic (exact) mass is 346 g/mol. The quantitative estimate of drug-likeness (QED) is 0.725. The molecule has 0 aliphatic rings. The van der Waals surface area contributed by atoms with E-state index in [2.05, 4.69) is 20.3 Å². The number of esters is 1. The standard InChI is InChI=1S/C16H12F2N4O3/c1-25-14(23)7-19-16(24)9-2-5-13-20-21-15(22(13)8-9)11-6-10(17)3-4-12(11)18/h2-6,8H,7H2,1H3,(H,19,24). The molecule has 1 N–H and O–H groups in total. The van der Waals surface area contributed by atoms with Crippen LogP contribution >= 0.6 is 0 Å². The molecule has 0 radical (unpaired) electrons. The van der Waals surface area contributed by atoms with Crippen molar-refractivity contribution in [1.82, 2.24) is 19.9 Å². The normalized spacial score (nSPS) is 10.7. The van der Waals surface area contributed by atoms with E-state index in [1.165, 1.54) is 29.8 Å². The Morgan fingerprint density at radius 2 is 2.00 bits per heavy atom. The lowest BCUT2D eigenvalue weighted by Gasteiger charge is -2.06. The molecule has 0 unspecified atom stereocenters. The Morgan fingerprint density at radius 3 is 2.76 bits per heavy atom. The SMILES string of the molecule is COC(=O)CNC(=O)c1ccc2nnc(-c3cc(F)ccc3F)n2c1. The highest BCUT2D eigenvalue weighted by molar-refractivity contribution is 5.96. The number of halogens is 2. The fourth-order valence-electron chi connectivity index (χ4n) is 2.20. The third-order valence-electron chi connectivity index (χ3n) is 3.45. The van der Waals surface area contributed by atoms with Gasteiger partial charge in [0.15, 0.2) is 11.5 Å². The molecular formula is C16H12F2N4O3. The molecule has 3 aromatic rings. The van der Waals surface area contributed by atoms with Crippen molar-refractivity contribution in [2.75, 3.05) is 13.7 Å². The minimum Gasteiger partial charge on any atom is -0.468 e. The molecule has 1 amide bonds. The number of benzene rings is 1. The molecule has 1 aromatic carbocycles. The summed E-state index contributed by atoms with van der Waals surface area (Å²) in [6, 6.07) is 5.95. The van der Waals surface area contributed by atoms with E-state index in [9.17, 15) is 18.4 Å². The first kappa shape index (κ1) is 16.5. The second-order valence-corrected chi connectivity index (χ2v) is 5.05. The van der Waals surface area contributed by atoms with Crippen molar-refractivity contribution in [2.24, 2.45) is 0 Å². The highest BCUT2D eigenvalue weighted by Crippen LogP contribution is 2.23. The van der Waals surface area contributed by atoms with Crippen molar-refractivity contribution in [1.29, 1.82) is 0 Å². The van der Waals surface area contributed by atoms with Gasteiger partial charge < -0.3 is 10.1 Å². The first-order valence-electron chi connectivity index (χ1n) is 7.15. The molecule has 0 aliphatic carbocycles. The lowest BCUT2D eigenvalue weighted by molar-refractivity contribution is -0.139. The summed E-state index contributed by atoms with van der Waals surface area (Å²) in [5, 5.41) is 10.1. The Morgan fingerprint density at radius 1 is 1.20 bits per heavy atom. The minimum absolute atomic E-state index is 0.0506. The number of amides is 1. The van der Waals surface area contributed by atoms with E-state index in [0.29, 0.717) is 5.65 Å². The van der Waals surface area contributed by atoms with E-state index in [1.807, 2.05) is 0 Å². The van der Waals surface area contributed by atoms with Crippen LogP contribution in [0.25, 0.3) is 17.0 Å². The van der Waals surface area contributed by atoms with E-state index in [4.69, 9.17) is 0 Å². The highest BCUT2D eigenvalue weighted by Gasteiger charge is 2.16. The number of hydrogen-bond acceptors (Lipinski definition) is 5. The first-order valence-corrected chi connectivity index (χ1v) is 7.15. The molecule has 3 rings (SSSR count). The van der Waals surface area contributed by atoms with Crippen LogP contribution in [0.2, 0.25) is 0 Å². The first-order chi connectivity index (χ1) is 12.0. The van der Waals surface area contributed by atoms with Crippen molar-refractivity contribution in [3.05, 3.63) is 53.7 Å². The number of nitrogens with one attached hydrogen (secondary N) is 1. The molecule has 0 bridgehead atoms. The summed E-state index contributed by atoms with van der Waals surface area (Å²) in [6.07, 6.45) is 1.38. The van der Waals surface area contributed by atoms with E-state index >= 15 is 0 Å². The van der Waals surface area contributed by atoms with Crippen LogP contribution < -0.4 is 5.32 Å². The Labute approximate surface area is 140 Å². The van der Waals surface area contributed by atoms with Crippen molar-refractivity contribution in [2.45, 2.75) is 0 Å². The summed E-state index contributed by atoms with van der Waals surface area (Å²) < 4.78 is 33.2. The van der Waals surface area contributed by atoms with Crippen molar-refractivity contribution < 1.29 is 23.1 Å². The summed E-state index contributed by atoms with van der Waals surface area (Å²) in [6.45, 7) is -0.291. The topological polar surface area (TPSA) is 85.6 Å². The van der Waals surface area contributed by atoms with Gasteiger partial charge in [0, 0.05) is 6.20 Å². The zero-order valence-electron chi connectivity index (χ0n) is 13.0. The number of fused-ring (bicyclic) bond motifs is 1. The molecule has 2 aromatic heterocycles. The Bertz CT molecular complexity index is 971. The minimum atomic E-state index is -0.670. The van der Waals surface area contributed by atoms with Gasteiger partial charge in [0.1, 0.15) is 18.2 Å². The molecule has 0 atom stereocenters. The van der Waals surface area contributed by atoms with E-state index in [0.717, 1.165) is 18.2 Å². The fourth-order valence-corrected chi connectivity index (χ4v) is 2.20. The third kappa shape index (κ3) is 3.30. The summed E-state index contributed by atoms with van der Waals surface area (Å²) >= 11 is 0. The summed E-state index contributed by atoms with van der Waals surface area (Å²) in [5.74, 6) is -2.38. The smallest absolute Gasteiger partial charge is 0.325 e. The van der Waals surface area contributed by atoms with Gasteiger partial charge in [-0.1, -0.05) is 0 Å². The van der Waals surface area contributed by atoms with Crippen LogP contribution in [0.4, 0.5) is 8.78 Å². The van der Waals surface area contributed by atoms with Crippen LogP contribution in [0, 0.1) is 11.6 Å². The zero-order chi connectivity index (χ0) is 18.0. The predicted octanol–water partition coefficient (Wildman–Crippen LogP) is 1.58. The predicted molar refractivity (Wildman–Crippen MR) is 82.7 cm³/mol. The van der Waals surface area contributed by atoms with Crippen LogP contribution in [0.1, 0.15) is 10.4 Å². The van der Waals surface area contributed by atoms with Gasteiger partial charge in [0.25, 0.3) is 5.91 Å². The number of nitrogens with zero attached hydrogens (tertiary/aromatic N) is 3. The van der Waals surface area contributed by atoms with Gasteiger partial charge in [-0.25, -0.2) is 8.78 Å². The summed E-state index contributed by atoms with van der Waals surface area (Å²) in [7, 11) is 1.21. The van der Waals surface area contributed by atoms with Crippen molar-refractivity contribution >= 4 is 17.5 Å². The maximum Gasteiger partial charge on any atom is 0.325 e. The number of hydrogen-bond donors (Lipinski definition) is 1. The molecule has 128 valence electrons. The summed E-state index contributed by atoms with van der Waals surface area (Å²) in [4.78, 5) is 23.2. The van der Waals surface area contributed by atoms with Gasteiger partial charge in [0.2, 0.25) is 0 Å². The van der Waals surface area contributed by atoms with Gasteiger partial charge in [-0.15, -0.1) is 10.2 Å². The van der Waals surface area contributed by atoms with Crippen molar-refractivity contribution in [3.8, 4) is 11.4 Å².